The summed E-state index contributed by atoms with van der Waals surface area (Å²) in [4.78, 5) is 26.5. The molecule has 8 heteroatoms. The Bertz CT molecular complexity index is 2450. The van der Waals surface area contributed by atoms with Crippen LogP contribution in [0, 0.1) is 0 Å². The van der Waals surface area contributed by atoms with E-state index in [1.165, 1.54) is 0 Å². The van der Waals surface area contributed by atoms with Gasteiger partial charge in [-0.25, -0.2) is 9.97 Å². The first-order valence-corrected chi connectivity index (χ1v) is 16.1. The zero-order chi connectivity index (χ0) is 33.6. The second-order valence-corrected chi connectivity index (χ2v) is 12.1. The number of aromatic amines is 2. The first kappa shape index (κ1) is 29.1. The molecule has 0 amide bonds. The largest absolute Gasteiger partial charge is 0.508 e. The minimum Gasteiger partial charge on any atom is -0.508 e. The van der Waals surface area contributed by atoms with Gasteiger partial charge in [0.15, 0.2) is 0 Å². The topological polar surface area (TPSA) is 124 Å². The summed E-state index contributed by atoms with van der Waals surface area (Å²) < 4.78 is 0. The van der Waals surface area contributed by atoms with Gasteiger partial charge in [0, 0.05) is 69.1 Å². The summed E-state index contributed by atoms with van der Waals surface area (Å²) in [5, 5.41) is 20.3. The fourth-order valence-electron chi connectivity index (χ4n) is 6.71. The van der Waals surface area contributed by atoms with Gasteiger partial charge in [-0.2, -0.15) is 0 Å². The minimum absolute atomic E-state index is 0.191. The maximum absolute atomic E-state index is 10.2. The average Bonchev–Trinajstić information content (AvgIpc) is 3.98. The number of aromatic hydroxyl groups is 2. The maximum Gasteiger partial charge on any atom is 0.115 e. The predicted octanol–water partition coefficient (Wildman–Crippen LogP) is 9.52. The van der Waals surface area contributed by atoms with Gasteiger partial charge in [0.05, 0.1) is 22.8 Å². The van der Waals surface area contributed by atoms with E-state index in [2.05, 4.69) is 44.2 Å². The maximum atomic E-state index is 10.2. The molecule has 0 unspecified atom stereocenters. The third-order valence-corrected chi connectivity index (χ3v) is 9.00. The van der Waals surface area contributed by atoms with Crippen LogP contribution < -0.4 is 0 Å². The Morgan fingerprint density at radius 3 is 0.920 bits per heavy atom. The third-order valence-electron chi connectivity index (χ3n) is 9.00. The van der Waals surface area contributed by atoms with E-state index in [0.29, 0.717) is 0 Å². The standard InChI is InChI=1S/C42H28N6O2/c49-29-5-1-25(2-6-29)39-31-9-13-35(45-31)41(27-17-21-43-22-18-27)37-15-11-33(47-37)40(26-3-7-30(50)8-4-26)34-12-16-38(48-34)42(28-19-23-44-24-20-28)36-14-10-32(39)46-36/h1-24,45,48-50H. The number of phenols is 2. The van der Waals surface area contributed by atoms with Crippen molar-refractivity contribution in [2.24, 2.45) is 0 Å². The molecule has 2 aliphatic rings. The van der Waals surface area contributed by atoms with Crippen LogP contribution in [0.25, 0.3) is 90.9 Å². The minimum atomic E-state index is 0.191. The Labute approximate surface area is 286 Å². The number of H-pyrrole nitrogens is 2. The molecule has 0 atom stereocenters. The van der Waals surface area contributed by atoms with E-state index in [1.54, 1.807) is 49.1 Å². The molecule has 0 radical (unpaired) electrons. The Kier molecular flexibility index (Phi) is 6.91. The van der Waals surface area contributed by atoms with Gasteiger partial charge >= 0.3 is 0 Å². The van der Waals surface area contributed by atoms with Gasteiger partial charge in [-0.3, -0.25) is 9.97 Å². The molecule has 5 aromatic heterocycles. The smallest absolute Gasteiger partial charge is 0.115 e. The molecule has 9 rings (SSSR count). The van der Waals surface area contributed by atoms with Crippen molar-refractivity contribution >= 4 is 46.4 Å². The fourth-order valence-corrected chi connectivity index (χ4v) is 6.71. The lowest BCUT2D eigenvalue weighted by molar-refractivity contribution is 0.475. The van der Waals surface area contributed by atoms with Crippen LogP contribution in [0.1, 0.15) is 22.8 Å². The normalized spacial score (nSPS) is 12.0. The van der Waals surface area contributed by atoms with Gasteiger partial charge in [0.25, 0.3) is 0 Å². The molecule has 238 valence electrons. The van der Waals surface area contributed by atoms with Crippen molar-refractivity contribution in [1.82, 2.24) is 29.9 Å². The molecule has 7 aromatic rings. The molecule has 2 aromatic carbocycles. The van der Waals surface area contributed by atoms with E-state index in [-0.39, 0.29) is 11.5 Å². The fraction of sp³-hybridized carbons (Fsp3) is 0. The van der Waals surface area contributed by atoms with Gasteiger partial charge in [-0.05, 0) is 119 Å². The summed E-state index contributed by atoms with van der Waals surface area (Å²) in [5.41, 5.74) is 14.0. The summed E-state index contributed by atoms with van der Waals surface area (Å²) in [6.07, 6.45) is 15.3. The molecule has 0 fully saturated rings. The Morgan fingerprint density at radius 1 is 0.340 bits per heavy atom. The molecule has 2 aliphatic heterocycles. The van der Waals surface area contributed by atoms with Crippen LogP contribution in [-0.2, 0) is 0 Å². The van der Waals surface area contributed by atoms with Crippen LogP contribution in [0.15, 0.2) is 122 Å². The number of phenolic OH excluding ortho intramolecular Hbond substituents is 2. The van der Waals surface area contributed by atoms with Crippen LogP contribution in [-0.4, -0.2) is 40.1 Å². The number of pyridine rings is 2. The molecular formula is C42H28N6O2. The predicted molar refractivity (Wildman–Crippen MR) is 200 cm³/mol. The SMILES string of the molecule is Oc1ccc(-c2c3nc(c(-c4ccncc4)c4ccc([nH]4)c(-c4ccc(O)cc4)c4nc(c(-c5ccncc5)c5ccc2[nH]5)C=C4)C=C3)cc1. The summed E-state index contributed by atoms with van der Waals surface area (Å²) >= 11 is 0. The van der Waals surface area contributed by atoms with Gasteiger partial charge in [-0.1, -0.05) is 24.3 Å². The second-order valence-electron chi connectivity index (χ2n) is 12.1. The molecule has 0 spiro atoms. The van der Waals surface area contributed by atoms with E-state index < -0.39 is 0 Å². The van der Waals surface area contributed by atoms with E-state index in [1.807, 2.05) is 72.8 Å². The number of rotatable bonds is 4. The molecule has 0 aliphatic carbocycles. The van der Waals surface area contributed by atoms with Gasteiger partial charge in [0.1, 0.15) is 11.5 Å². The first-order chi connectivity index (χ1) is 24.6. The van der Waals surface area contributed by atoms with E-state index >= 15 is 0 Å². The van der Waals surface area contributed by atoms with Crippen molar-refractivity contribution in [2.45, 2.75) is 0 Å². The highest BCUT2D eigenvalue weighted by molar-refractivity contribution is 5.99. The Morgan fingerprint density at radius 2 is 0.620 bits per heavy atom. The number of nitrogens with zero attached hydrogens (tertiary/aromatic N) is 4. The molecule has 8 nitrogen and oxygen atoms in total. The summed E-state index contributed by atoms with van der Waals surface area (Å²) in [6.45, 7) is 0. The van der Waals surface area contributed by atoms with Crippen molar-refractivity contribution < 1.29 is 10.2 Å². The van der Waals surface area contributed by atoms with Crippen LogP contribution in [0.4, 0.5) is 0 Å². The summed E-state index contributed by atoms with van der Waals surface area (Å²) in [5.74, 6) is 0.383. The Hall–Kier alpha value is -7.06. The number of hydrogen-bond donors (Lipinski definition) is 4. The van der Waals surface area contributed by atoms with E-state index in [0.717, 1.165) is 89.4 Å². The monoisotopic (exact) mass is 648 g/mol. The van der Waals surface area contributed by atoms with Crippen molar-refractivity contribution in [3.05, 3.63) is 145 Å². The van der Waals surface area contributed by atoms with Crippen LogP contribution in [0.5, 0.6) is 11.5 Å². The molecule has 7 heterocycles. The molecule has 0 saturated carbocycles. The number of benzene rings is 2. The highest BCUT2D eigenvalue weighted by atomic mass is 16.3. The van der Waals surface area contributed by atoms with Crippen molar-refractivity contribution in [1.29, 1.82) is 0 Å². The first-order valence-electron chi connectivity index (χ1n) is 16.1. The van der Waals surface area contributed by atoms with Crippen molar-refractivity contribution in [3.63, 3.8) is 0 Å². The van der Waals surface area contributed by atoms with Gasteiger partial charge < -0.3 is 20.2 Å². The summed E-state index contributed by atoms with van der Waals surface area (Å²) in [6, 6.07) is 30.6. The van der Waals surface area contributed by atoms with Crippen molar-refractivity contribution in [2.75, 3.05) is 0 Å². The van der Waals surface area contributed by atoms with E-state index in [9.17, 15) is 10.2 Å². The van der Waals surface area contributed by atoms with Crippen LogP contribution in [0.3, 0.4) is 0 Å². The average molecular weight is 649 g/mol. The highest BCUT2D eigenvalue weighted by Gasteiger charge is 2.19. The zero-order valence-corrected chi connectivity index (χ0v) is 26.5. The lowest BCUT2D eigenvalue weighted by atomic mass is 10.0. The number of nitrogens with one attached hydrogen (secondary N) is 2. The van der Waals surface area contributed by atoms with E-state index in [4.69, 9.17) is 9.97 Å². The van der Waals surface area contributed by atoms with Crippen molar-refractivity contribution in [3.8, 4) is 56.0 Å². The van der Waals surface area contributed by atoms with Gasteiger partial charge in [0.2, 0.25) is 0 Å². The van der Waals surface area contributed by atoms with Crippen LogP contribution >= 0.6 is 0 Å². The summed E-state index contributed by atoms with van der Waals surface area (Å²) in [7, 11) is 0. The third kappa shape index (κ3) is 5.12. The lowest BCUT2D eigenvalue weighted by Crippen LogP contribution is -1.90. The van der Waals surface area contributed by atoms with Crippen LogP contribution in [0.2, 0.25) is 0 Å². The molecule has 0 saturated heterocycles. The molecule has 4 N–H and O–H groups in total. The molecular weight excluding hydrogens is 621 g/mol. The number of aromatic nitrogens is 6. The quantitative estimate of drug-likeness (QED) is 0.151. The Balaban J connectivity index is 1.47. The number of fused-ring (bicyclic) bond motifs is 8. The second kappa shape index (κ2) is 11.9. The highest BCUT2D eigenvalue weighted by Crippen LogP contribution is 2.38. The number of hydrogen-bond acceptors (Lipinski definition) is 6. The lowest BCUT2D eigenvalue weighted by Gasteiger charge is -2.07. The molecule has 50 heavy (non-hydrogen) atoms. The zero-order valence-electron chi connectivity index (χ0n) is 26.5. The van der Waals surface area contributed by atoms with Gasteiger partial charge in [-0.15, -0.1) is 0 Å². The molecule has 8 bridgehead atoms.